The molecule has 0 unspecified atom stereocenters. The van der Waals surface area contributed by atoms with Crippen LogP contribution in [0, 0.1) is 5.92 Å². The second-order valence-corrected chi connectivity index (χ2v) is 2.41. The van der Waals surface area contributed by atoms with Crippen molar-refractivity contribution in [2.24, 2.45) is 5.92 Å². The predicted octanol–water partition coefficient (Wildman–Crippen LogP) is -0.0517. The Morgan fingerprint density at radius 1 is 1.44 bits per heavy atom. The van der Waals surface area contributed by atoms with Crippen molar-refractivity contribution < 1.29 is 14.3 Å². The van der Waals surface area contributed by atoms with E-state index in [0.29, 0.717) is 6.61 Å². The van der Waals surface area contributed by atoms with Gasteiger partial charge in [0.1, 0.15) is 6.61 Å². The summed E-state index contributed by atoms with van der Waals surface area (Å²) in [6.07, 6.45) is 0.654. The molecule has 3 nitrogen and oxygen atoms in total. The van der Waals surface area contributed by atoms with Gasteiger partial charge >= 0.3 is 0 Å². The van der Waals surface area contributed by atoms with Crippen molar-refractivity contribution in [1.82, 2.24) is 0 Å². The average molecular weight is 128 g/mol. The van der Waals surface area contributed by atoms with E-state index in [2.05, 4.69) is 0 Å². The van der Waals surface area contributed by atoms with Gasteiger partial charge in [-0.25, -0.2) is 0 Å². The van der Waals surface area contributed by atoms with Crippen LogP contribution >= 0.6 is 0 Å². The summed E-state index contributed by atoms with van der Waals surface area (Å²) in [5.41, 5.74) is 0. The molecule has 0 spiro atoms. The maximum absolute atomic E-state index is 10.9. The molecule has 2 fully saturated rings. The Balaban J connectivity index is 2.15. The summed E-state index contributed by atoms with van der Waals surface area (Å²) in [6.45, 7) is 0.941. The molecule has 2 aliphatic heterocycles. The van der Waals surface area contributed by atoms with Gasteiger partial charge in [0, 0.05) is 0 Å². The molecule has 2 heterocycles. The van der Waals surface area contributed by atoms with Crippen molar-refractivity contribution in [2.75, 3.05) is 13.2 Å². The number of carbonyl (C=O) groups is 1. The third kappa shape index (κ3) is 0.686. The summed E-state index contributed by atoms with van der Waals surface area (Å²) >= 11 is 0. The summed E-state index contributed by atoms with van der Waals surface area (Å²) in [5.74, 6) is 0.266. The van der Waals surface area contributed by atoms with E-state index >= 15 is 0 Å². The fraction of sp³-hybridized carbons (Fsp3) is 0.833. The molecule has 9 heavy (non-hydrogen) atoms. The van der Waals surface area contributed by atoms with E-state index in [-0.39, 0.29) is 24.6 Å². The molecule has 0 radical (unpaired) electrons. The maximum atomic E-state index is 10.9. The second kappa shape index (κ2) is 1.78. The van der Waals surface area contributed by atoms with Crippen LogP contribution in [0.25, 0.3) is 0 Å². The van der Waals surface area contributed by atoms with Gasteiger partial charge in [0.2, 0.25) is 0 Å². The first-order chi connectivity index (χ1) is 4.38. The van der Waals surface area contributed by atoms with E-state index in [0.717, 1.165) is 6.42 Å². The molecule has 2 rings (SSSR count). The van der Waals surface area contributed by atoms with Gasteiger partial charge in [0.25, 0.3) is 0 Å². The quantitative estimate of drug-likeness (QED) is 0.458. The Labute approximate surface area is 52.9 Å². The molecule has 0 amide bonds. The number of carbonyl (C=O) groups excluding carboxylic acids is 1. The Kier molecular flexibility index (Phi) is 1.07. The SMILES string of the molecule is O=C1CO[C@@H]2OCC[C@H]12. The van der Waals surface area contributed by atoms with E-state index < -0.39 is 0 Å². The Hall–Kier alpha value is -0.410. The topological polar surface area (TPSA) is 35.5 Å². The molecule has 0 saturated carbocycles. The zero-order valence-electron chi connectivity index (χ0n) is 5.00. The minimum atomic E-state index is -0.197. The minimum Gasteiger partial charge on any atom is -0.352 e. The lowest BCUT2D eigenvalue weighted by Crippen LogP contribution is -2.13. The molecule has 2 atom stereocenters. The van der Waals surface area contributed by atoms with Crippen LogP contribution in [0.2, 0.25) is 0 Å². The summed E-state index contributed by atoms with van der Waals surface area (Å²) in [7, 11) is 0. The molecule has 0 aromatic heterocycles. The summed E-state index contributed by atoms with van der Waals surface area (Å²) in [6, 6.07) is 0. The average Bonchev–Trinajstić information content (AvgIpc) is 2.35. The van der Waals surface area contributed by atoms with E-state index in [1.807, 2.05) is 0 Å². The van der Waals surface area contributed by atoms with Crippen LogP contribution in [-0.4, -0.2) is 25.3 Å². The van der Waals surface area contributed by atoms with Crippen molar-refractivity contribution in [2.45, 2.75) is 12.7 Å². The molecule has 0 N–H and O–H groups in total. The summed E-state index contributed by atoms with van der Waals surface area (Å²) in [5, 5.41) is 0. The van der Waals surface area contributed by atoms with E-state index in [9.17, 15) is 4.79 Å². The predicted molar refractivity (Wildman–Crippen MR) is 28.8 cm³/mol. The highest BCUT2D eigenvalue weighted by atomic mass is 16.7. The summed E-state index contributed by atoms with van der Waals surface area (Å²) in [4.78, 5) is 10.9. The third-order valence-electron chi connectivity index (χ3n) is 1.84. The fourth-order valence-corrected chi connectivity index (χ4v) is 1.31. The Bertz CT molecular complexity index is 143. The van der Waals surface area contributed by atoms with Gasteiger partial charge < -0.3 is 9.47 Å². The van der Waals surface area contributed by atoms with E-state index in [1.54, 1.807) is 0 Å². The first kappa shape index (κ1) is 5.38. The lowest BCUT2D eigenvalue weighted by Gasteiger charge is -2.02. The number of ether oxygens (including phenoxy) is 2. The molecule has 2 saturated heterocycles. The largest absolute Gasteiger partial charge is 0.352 e. The van der Waals surface area contributed by atoms with Gasteiger partial charge in [-0.2, -0.15) is 0 Å². The first-order valence-corrected chi connectivity index (χ1v) is 3.14. The fourth-order valence-electron chi connectivity index (χ4n) is 1.31. The number of fused-ring (bicyclic) bond motifs is 1. The lowest BCUT2D eigenvalue weighted by atomic mass is 10.1. The van der Waals surface area contributed by atoms with Crippen LogP contribution in [0.4, 0.5) is 0 Å². The highest BCUT2D eigenvalue weighted by Gasteiger charge is 2.40. The van der Waals surface area contributed by atoms with Crippen molar-refractivity contribution in [3.05, 3.63) is 0 Å². The van der Waals surface area contributed by atoms with Crippen molar-refractivity contribution in [1.29, 1.82) is 0 Å². The van der Waals surface area contributed by atoms with Crippen LogP contribution in [0.15, 0.2) is 0 Å². The molecule has 50 valence electrons. The highest BCUT2D eigenvalue weighted by Crippen LogP contribution is 2.27. The molecule has 3 heteroatoms. The zero-order chi connectivity index (χ0) is 6.27. The second-order valence-electron chi connectivity index (χ2n) is 2.41. The number of hydrogen-bond acceptors (Lipinski definition) is 3. The van der Waals surface area contributed by atoms with Crippen LogP contribution in [0.3, 0.4) is 0 Å². The maximum Gasteiger partial charge on any atom is 0.168 e. The third-order valence-corrected chi connectivity index (χ3v) is 1.84. The molecular formula is C6H8O3. The number of rotatable bonds is 0. The summed E-state index contributed by atoms with van der Waals surface area (Å²) < 4.78 is 10.1. The molecule has 2 aliphatic rings. The van der Waals surface area contributed by atoms with Crippen LogP contribution < -0.4 is 0 Å². The van der Waals surface area contributed by atoms with Crippen LogP contribution in [0.5, 0.6) is 0 Å². The Morgan fingerprint density at radius 3 is 3.11 bits per heavy atom. The molecule has 0 aromatic carbocycles. The smallest absolute Gasteiger partial charge is 0.168 e. The van der Waals surface area contributed by atoms with Gasteiger partial charge in [-0.3, -0.25) is 4.79 Å². The highest BCUT2D eigenvalue weighted by molar-refractivity contribution is 5.84. The molecule has 0 bridgehead atoms. The van der Waals surface area contributed by atoms with Gasteiger partial charge in [0.15, 0.2) is 12.1 Å². The van der Waals surface area contributed by atoms with Crippen molar-refractivity contribution in [3.8, 4) is 0 Å². The van der Waals surface area contributed by atoms with Crippen LogP contribution in [-0.2, 0) is 14.3 Å². The first-order valence-electron chi connectivity index (χ1n) is 3.14. The van der Waals surface area contributed by atoms with Gasteiger partial charge in [-0.15, -0.1) is 0 Å². The van der Waals surface area contributed by atoms with E-state index in [1.165, 1.54) is 0 Å². The van der Waals surface area contributed by atoms with Crippen LogP contribution in [0.1, 0.15) is 6.42 Å². The van der Waals surface area contributed by atoms with Crippen molar-refractivity contribution >= 4 is 5.78 Å². The van der Waals surface area contributed by atoms with Gasteiger partial charge in [-0.05, 0) is 6.42 Å². The number of Topliss-reactive ketones (excluding diaryl/α,β-unsaturated/α-hetero) is 1. The number of ketones is 1. The zero-order valence-corrected chi connectivity index (χ0v) is 5.00. The Morgan fingerprint density at radius 2 is 2.33 bits per heavy atom. The molecule has 0 aliphatic carbocycles. The van der Waals surface area contributed by atoms with Crippen molar-refractivity contribution in [3.63, 3.8) is 0 Å². The van der Waals surface area contributed by atoms with Gasteiger partial charge in [-0.1, -0.05) is 0 Å². The van der Waals surface area contributed by atoms with Gasteiger partial charge in [0.05, 0.1) is 12.5 Å². The normalized spacial score (nSPS) is 41.6. The lowest BCUT2D eigenvalue weighted by molar-refractivity contribution is -0.120. The monoisotopic (exact) mass is 128 g/mol. The minimum absolute atomic E-state index is 0.0602. The molecule has 0 aromatic rings. The van der Waals surface area contributed by atoms with E-state index in [4.69, 9.17) is 9.47 Å². The number of hydrogen-bond donors (Lipinski definition) is 0. The standard InChI is InChI=1S/C6H8O3/c7-5-3-9-6-4(5)1-2-8-6/h4,6H,1-3H2/t4-,6+/m1/s1. The molecular weight excluding hydrogens is 120 g/mol.